The Balaban J connectivity index is 1.11. The molecule has 0 saturated carbocycles. The third-order valence-electron chi connectivity index (χ3n) is 9.08. The molecule has 4 aromatic carbocycles. The number of carbonyl (C=O) groups is 4. The molecule has 0 aliphatic carbocycles. The van der Waals surface area contributed by atoms with Gasteiger partial charge in [-0.15, -0.1) is 23.1 Å². The van der Waals surface area contributed by atoms with Crippen molar-refractivity contribution in [2.75, 3.05) is 24.3 Å². The van der Waals surface area contributed by atoms with Crippen LogP contribution in [-0.4, -0.2) is 42.2 Å². The first-order valence-electron chi connectivity index (χ1n) is 17.9. The summed E-state index contributed by atoms with van der Waals surface area (Å²) in [5, 5.41) is 12.3. The van der Waals surface area contributed by atoms with Gasteiger partial charge in [0.15, 0.2) is 0 Å². The van der Waals surface area contributed by atoms with Crippen LogP contribution < -0.4 is 16.0 Å². The maximum absolute atomic E-state index is 14.3. The zero-order valence-electron chi connectivity index (χ0n) is 30.4. The fraction of sp³-hybridized carbons (Fsp3) is 0.136. The van der Waals surface area contributed by atoms with Gasteiger partial charge in [-0.3, -0.25) is 19.3 Å². The number of thioether (sulfide) groups is 1. The molecule has 1 unspecified atom stereocenters. The van der Waals surface area contributed by atoms with E-state index in [2.05, 4.69) is 33.0 Å². The standard InChI is InChI=1S/C44H38N4O5S3/c1-53-44(52)38-35-20-22-48(26-29-12-5-2-6-13-29)27-37(35)56-43(38)47-42(51)39(31-14-7-3-8-15-31)55-34-19-11-18-33(25-34)45-41(50)36(24-30-21-23-54-28-30)46-40(49)32-16-9-4-10-17-32/h2-19,21,23-25,28,39H,20,22,26-27H2,1H3,(H,45,50)(H,46,49)(H,47,51)/b36-24-. The van der Waals surface area contributed by atoms with Crippen LogP contribution in [0.5, 0.6) is 0 Å². The summed E-state index contributed by atoms with van der Waals surface area (Å²) in [6, 6.07) is 37.5. The van der Waals surface area contributed by atoms with Crippen molar-refractivity contribution in [2.45, 2.75) is 29.7 Å². The number of esters is 1. The van der Waals surface area contributed by atoms with Crippen LogP contribution in [0, 0.1) is 0 Å². The lowest BCUT2D eigenvalue weighted by atomic mass is 10.0. The second-order valence-electron chi connectivity index (χ2n) is 13.0. The number of nitrogens with zero attached hydrogens (tertiary/aromatic N) is 1. The molecule has 282 valence electrons. The lowest BCUT2D eigenvalue weighted by Crippen LogP contribution is -2.30. The van der Waals surface area contributed by atoms with Gasteiger partial charge in [-0.25, -0.2) is 4.79 Å². The van der Waals surface area contributed by atoms with Crippen LogP contribution in [0.3, 0.4) is 0 Å². The van der Waals surface area contributed by atoms with E-state index in [-0.39, 0.29) is 11.6 Å². The van der Waals surface area contributed by atoms with E-state index < -0.39 is 23.0 Å². The van der Waals surface area contributed by atoms with Crippen molar-refractivity contribution in [3.8, 4) is 0 Å². The fourth-order valence-electron chi connectivity index (χ4n) is 6.37. The van der Waals surface area contributed by atoms with Gasteiger partial charge in [0.2, 0.25) is 5.91 Å². The smallest absolute Gasteiger partial charge is 0.341 e. The van der Waals surface area contributed by atoms with E-state index in [4.69, 9.17) is 4.74 Å². The van der Waals surface area contributed by atoms with Gasteiger partial charge in [-0.05, 0) is 81.9 Å². The zero-order chi connectivity index (χ0) is 38.9. The van der Waals surface area contributed by atoms with Crippen LogP contribution in [0.15, 0.2) is 143 Å². The third-order valence-corrected chi connectivity index (χ3v) is 12.2. The summed E-state index contributed by atoms with van der Waals surface area (Å²) in [5.41, 5.74) is 5.08. The summed E-state index contributed by atoms with van der Waals surface area (Å²) in [6.45, 7) is 2.22. The van der Waals surface area contributed by atoms with E-state index in [9.17, 15) is 19.2 Å². The van der Waals surface area contributed by atoms with Crippen molar-refractivity contribution < 1.29 is 23.9 Å². The minimum atomic E-state index is -0.708. The molecule has 0 fully saturated rings. The first-order chi connectivity index (χ1) is 27.3. The number of hydrogen-bond donors (Lipinski definition) is 3. The Bertz CT molecular complexity index is 2350. The number of ether oxygens (including phenoxy) is 1. The number of fused-ring (bicyclic) bond motifs is 1. The average molecular weight is 799 g/mol. The Labute approximate surface area is 337 Å². The largest absolute Gasteiger partial charge is 0.465 e. The van der Waals surface area contributed by atoms with E-state index in [0.717, 1.165) is 39.6 Å². The van der Waals surface area contributed by atoms with Crippen LogP contribution in [-0.2, 0) is 33.8 Å². The molecule has 2 aromatic heterocycles. The van der Waals surface area contributed by atoms with Gasteiger partial charge in [-0.1, -0.05) is 84.9 Å². The topological polar surface area (TPSA) is 117 Å². The summed E-state index contributed by atoms with van der Waals surface area (Å²) >= 11 is 4.22. The number of benzene rings is 4. The van der Waals surface area contributed by atoms with Crippen molar-refractivity contribution in [1.29, 1.82) is 0 Å². The lowest BCUT2D eigenvalue weighted by molar-refractivity contribution is -0.116. The van der Waals surface area contributed by atoms with Crippen molar-refractivity contribution in [1.82, 2.24) is 10.2 Å². The molecule has 3 N–H and O–H groups in total. The van der Waals surface area contributed by atoms with Gasteiger partial charge in [0.05, 0.1) is 12.7 Å². The quantitative estimate of drug-likeness (QED) is 0.0607. The average Bonchev–Trinajstić information content (AvgIpc) is 3.88. The molecule has 1 atom stereocenters. The summed E-state index contributed by atoms with van der Waals surface area (Å²) in [7, 11) is 1.36. The van der Waals surface area contributed by atoms with E-state index in [1.165, 1.54) is 47.1 Å². The Morgan fingerprint density at radius 1 is 0.875 bits per heavy atom. The minimum absolute atomic E-state index is 0.0834. The van der Waals surface area contributed by atoms with Gasteiger partial charge >= 0.3 is 5.97 Å². The highest BCUT2D eigenvalue weighted by Gasteiger charge is 2.31. The first-order valence-corrected chi connectivity index (χ1v) is 20.5. The number of thiophene rings is 2. The van der Waals surface area contributed by atoms with Crippen LogP contribution in [0.1, 0.15) is 53.1 Å². The van der Waals surface area contributed by atoms with Crippen molar-refractivity contribution in [2.24, 2.45) is 0 Å². The number of carbonyl (C=O) groups excluding carboxylic acids is 4. The second-order valence-corrected chi connectivity index (χ2v) is 16.0. The molecule has 0 bridgehead atoms. The molecule has 0 spiro atoms. The number of hydrogen-bond acceptors (Lipinski definition) is 9. The number of nitrogens with one attached hydrogen (secondary N) is 3. The second kappa shape index (κ2) is 18.2. The number of amides is 3. The Hall–Kier alpha value is -5.79. The van der Waals surface area contributed by atoms with E-state index in [1.54, 1.807) is 48.5 Å². The SMILES string of the molecule is COC(=O)c1c(NC(=O)C(Sc2cccc(NC(=O)/C(=C/c3ccsc3)NC(=O)c3ccccc3)c2)c2ccccc2)sc2c1CCN(Cc1ccccc1)C2. The van der Waals surface area contributed by atoms with Crippen LogP contribution >= 0.6 is 34.4 Å². The molecule has 9 nitrogen and oxygen atoms in total. The summed E-state index contributed by atoms with van der Waals surface area (Å²) < 4.78 is 5.22. The Morgan fingerprint density at radius 2 is 1.61 bits per heavy atom. The van der Waals surface area contributed by atoms with Gasteiger partial charge in [0.25, 0.3) is 11.8 Å². The number of anilines is 2. The molecule has 12 heteroatoms. The lowest BCUT2D eigenvalue weighted by Gasteiger charge is -2.27. The van der Waals surface area contributed by atoms with Crippen LogP contribution in [0.25, 0.3) is 6.08 Å². The molecule has 0 radical (unpaired) electrons. The number of methoxy groups -OCH3 is 1. The summed E-state index contributed by atoms with van der Waals surface area (Å²) in [6.07, 6.45) is 2.29. The van der Waals surface area contributed by atoms with Gasteiger partial charge in [0.1, 0.15) is 15.9 Å². The highest BCUT2D eigenvalue weighted by Crippen LogP contribution is 2.41. The van der Waals surface area contributed by atoms with E-state index >= 15 is 0 Å². The van der Waals surface area contributed by atoms with Gasteiger partial charge in [-0.2, -0.15) is 11.3 Å². The van der Waals surface area contributed by atoms with E-state index in [0.29, 0.717) is 34.8 Å². The third kappa shape index (κ3) is 9.53. The van der Waals surface area contributed by atoms with Crippen molar-refractivity contribution >= 4 is 74.9 Å². The van der Waals surface area contributed by atoms with E-state index in [1.807, 2.05) is 77.5 Å². The maximum atomic E-state index is 14.3. The molecular weight excluding hydrogens is 761 g/mol. The van der Waals surface area contributed by atoms with Crippen molar-refractivity contribution in [3.63, 3.8) is 0 Å². The van der Waals surface area contributed by atoms with Crippen LogP contribution in [0.2, 0.25) is 0 Å². The fourth-order valence-corrected chi connectivity index (χ4v) is 9.35. The summed E-state index contributed by atoms with van der Waals surface area (Å²) in [4.78, 5) is 58.3. The molecule has 7 rings (SSSR count). The molecule has 56 heavy (non-hydrogen) atoms. The molecule has 1 aliphatic rings. The Kier molecular flexibility index (Phi) is 12.5. The summed E-state index contributed by atoms with van der Waals surface area (Å²) in [5.74, 6) is -1.69. The zero-order valence-corrected chi connectivity index (χ0v) is 32.8. The van der Waals surface area contributed by atoms with Gasteiger partial charge < -0.3 is 20.7 Å². The molecule has 0 saturated heterocycles. The number of rotatable bonds is 13. The predicted octanol–water partition coefficient (Wildman–Crippen LogP) is 9.04. The molecule has 1 aliphatic heterocycles. The monoisotopic (exact) mass is 798 g/mol. The maximum Gasteiger partial charge on any atom is 0.341 e. The minimum Gasteiger partial charge on any atom is -0.465 e. The highest BCUT2D eigenvalue weighted by molar-refractivity contribution is 8.00. The predicted molar refractivity (Wildman–Crippen MR) is 225 cm³/mol. The molecule has 3 heterocycles. The van der Waals surface area contributed by atoms with Crippen LogP contribution in [0.4, 0.5) is 10.7 Å². The normalized spacial score (nSPS) is 13.3. The molecule has 3 amide bonds. The van der Waals surface area contributed by atoms with Gasteiger partial charge in [0, 0.05) is 40.7 Å². The molecule has 6 aromatic rings. The molecular formula is C44H38N4O5S3. The first kappa shape index (κ1) is 38.5. The van der Waals surface area contributed by atoms with Crippen molar-refractivity contribution in [3.05, 3.63) is 176 Å². The Morgan fingerprint density at radius 3 is 2.32 bits per heavy atom. The highest BCUT2D eigenvalue weighted by atomic mass is 32.2.